The molecule has 1 radical (unpaired) electrons. The molecule has 0 atom stereocenters. The van der Waals surface area contributed by atoms with Crippen molar-refractivity contribution in [3.8, 4) is 0 Å². The lowest BCUT2D eigenvalue weighted by Gasteiger charge is -1.98. The molecule has 0 fully saturated rings. The number of nitrogens with zero attached hydrogens (tertiary/aromatic N) is 2. The smallest absolute Gasteiger partial charge is 0.253 e. The van der Waals surface area contributed by atoms with Gasteiger partial charge in [-0.3, -0.25) is 25.0 Å². The van der Waals surface area contributed by atoms with E-state index in [1.165, 1.54) is 31.4 Å². The van der Waals surface area contributed by atoms with Crippen molar-refractivity contribution in [2.24, 2.45) is 0 Å². The molecule has 149 valence electrons. The minimum Gasteiger partial charge on any atom is -0.291 e. The molecule has 0 rings (SSSR count). The lowest BCUT2D eigenvalue weighted by atomic mass is 10.1. The number of unbranched alkanes of at least 4 members (excludes halogenated alkanes) is 5. The molecule has 0 amide bonds. The minimum atomic E-state index is -0.610. The number of rotatable bonds is 16. The Morgan fingerprint density at radius 2 is 1.48 bits per heavy atom. The van der Waals surface area contributed by atoms with E-state index in [-0.39, 0.29) is 24.2 Å². The molecular weight excluding hydrogens is 348 g/mol. The van der Waals surface area contributed by atoms with Crippen LogP contribution in [0.3, 0.4) is 0 Å². The summed E-state index contributed by atoms with van der Waals surface area (Å²) >= 11 is 0. The molecule has 0 heterocycles. The Morgan fingerprint density at radius 3 is 2.11 bits per heavy atom. The fraction of sp³-hybridized carbons (Fsp3) is 0.550. The maximum Gasteiger partial charge on any atom is 0.253 e. The third kappa shape index (κ3) is 14.3. The maximum atomic E-state index is 11.1. The number of allylic oxidation sites excluding steroid dienone is 6. The van der Waals surface area contributed by atoms with Crippen LogP contribution in [0.25, 0.3) is 0 Å². The molecule has 0 aliphatic heterocycles. The third-order valence-corrected chi connectivity index (χ3v) is 3.76. The Balaban J connectivity index is 4.54. The fourth-order valence-corrected chi connectivity index (χ4v) is 2.25. The second-order valence-corrected chi connectivity index (χ2v) is 6.03. The van der Waals surface area contributed by atoms with Gasteiger partial charge in [-0.05, 0) is 50.7 Å². The summed E-state index contributed by atoms with van der Waals surface area (Å²) in [6, 6.07) is 0. The third-order valence-electron chi connectivity index (χ3n) is 3.76. The number of carbonyl (C=O) groups excluding carboxylic acids is 1. The van der Waals surface area contributed by atoms with Crippen LogP contribution in [0.2, 0.25) is 0 Å². The molecular formula is C20H29N2O5. The van der Waals surface area contributed by atoms with Gasteiger partial charge in [0.1, 0.15) is 6.42 Å². The van der Waals surface area contributed by atoms with Gasteiger partial charge in [-0.25, -0.2) is 0 Å². The van der Waals surface area contributed by atoms with Crippen LogP contribution in [0.1, 0.15) is 71.1 Å². The molecule has 0 aliphatic carbocycles. The highest BCUT2D eigenvalue weighted by Crippen LogP contribution is 2.15. The molecule has 27 heavy (non-hydrogen) atoms. The van der Waals surface area contributed by atoms with E-state index < -0.39 is 9.85 Å². The molecule has 0 saturated heterocycles. The van der Waals surface area contributed by atoms with Crippen LogP contribution in [-0.4, -0.2) is 16.1 Å². The van der Waals surface area contributed by atoms with Crippen molar-refractivity contribution in [3.05, 3.63) is 68.1 Å². The zero-order chi connectivity index (χ0) is 20.3. The second kappa shape index (κ2) is 16.9. The predicted molar refractivity (Wildman–Crippen MR) is 106 cm³/mol. The molecule has 0 aliphatic rings. The highest BCUT2D eigenvalue weighted by Gasteiger charge is 2.20. The standard InChI is InChI=1S/C20H29N2O5/c1-2-3-4-5-6-7-8-9-10-12-15-19(21(24)25)18-20(22(26)27)16-13-11-14-17-23/h6-7,9-10,15-16H,2-5,8,11-14,18H2,1H3/b7-6+,10-9+,19-15-,20-16-. The highest BCUT2D eigenvalue weighted by molar-refractivity contribution is 5.50. The van der Waals surface area contributed by atoms with Gasteiger partial charge >= 0.3 is 0 Å². The van der Waals surface area contributed by atoms with Crippen LogP contribution >= 0.6 is 0 Å². The topological polar surface area (TPSA) is 103 Å². The number of nitro groups is 2. The van der Waals surface area contributed by atoms with Gasteiger partial charge in [0.05, 0.1) is 9.85 Å². The first-order chi connectivity index (χ1) is 13.0. The Hall–Kier alpha value is -2.57. The quantitative estimate of drug-likeness (QED) is 0.154. The molecule has 0 spiro atoms. The summed E-state index contributed by atoms with van der Waals surface area (Å²) in [5.41, 5.74) is -0.414. The largest absolute Gasteiger partial charge is 0.291 e. The SMILES string of the molecule is CCCCC/C=C/C/C=C/C/C=C(/C/C(=C/CCC[C]=O)[N+](=O)[O-])[N+](=O)[O-]. The maximum absolute atomic E-state index is 11.1. The van der Waals surface area contributed by atoms with E-state index in [1.807, 2.05) is 12.2 Å². The second-order valence-electron chi connectivity index (χ2n) is 6.03. The Kier molecular flexibility index (Phi) is 15.3. The summed E-state index contributed by atoms with van der Waals surface area (Å²) in [5, 5.41) is 22.2. The average Bonchev–Trinajstić information content (AvgIpc) is 2.63. The first-order valence-electron chi connectivity index (χ1n) is 9.34. The molecule has 0 aromatic rings. The van der Waals surface area contributed by atoms with E-state index in [9.17, 15) is 25.0 Å². The van der Waals surface area contributed by atoms with E-state index in [0.29, 0.717) is 19.3 Å². The number of hydrogen-bond donors (Lipinski definition) is 0. The van der Waals surface area contributed by atoms with Crippen molar-refractivity contribution in [1.29, 1.82) is 0 Å². The molecule has 7 heteroatoms. The predicted octanol–water partition coefficient (Wildman–Crippen LogP) is 5.45. The normalized spacial score (nSPS) is 12.8. The van der Waals surface area contributed by atoms with E-state index in [4.69, 9.17) is 0 Å². The molecule has 0 aromatic carbocycles. The van der Waals surface area contributed by atoms with Crippen LogP contribution in [0.4, 0.5) is 0 Å². The van der Waals surface area contributed by atoms with Crippen LogP contribution in [0.15, 0.2) is 47.9 Å². The lowest BCUT2D eigenvalue weighted by molar-refractivity contribution is -0.450. The van der Waals surface area contributed by atoms with Crippen molar-refractivity contribution in [1.82, 2.24) is 0 Å². The van der Waals surface area contributed by atoms with Crippen molar-refractivity contribution in [2.75, 3.05) is 0 Å². The zero-order valence-corrected chi connectivity index (χ0v) is 16.0. The first-order valence-corrected chi connectivity index (χ1v) is 9.34. The first kappa shape index (κ1) is 24.4. The van der Waals surface area contributed by atoms with E-state index in [2.05, 4.69) is 19.1 Å². The Bertz CT molecular complexity index is 577. The lowest BCUT2D eigenvalue weighted by Crippen LogP contribution is -2.06. The molecule has 0 aromatic heterocycles. The number of hydrogen-bond acceptors (Lipinski definition) is 5. The van der Waals surface area contributed by atoms with Gasteiger partial charge in [-0.15, -0.1) is 0 Å². The van der Waals surface area contributed by atoms with E-state index >= 15 is 0 Å². The Labute approximate surface area is 160 Å². The molecule has 7 nitrogen and oxygen atoms in total. The van der Waals surface area contributed by atoms with E-state index in [0.717, 1.165) is 12.8 Å². The van der Waals surface area contributed by atoms with Gasteiger partial charge in [0.25, 0.3) is 11.4 Å². The van der Waals surface area contributed by atoms with Gasteiger partial charge < -0.3 is 0 Å². The average molecular weight is 377 g/mol. The van der Waals surface area contributed by atoms with Gasteiger partial charge in [-0.1, -0.05) is 44.1 Å². The summed E-state index contributed by atoms with van der Waals surface area (Å²) < 4.78 is 0. The fourth-order valence-electron chi connectivity index (χ4n) is 2.25. The van der Waals surface area contributed by atoms with Crippen molar-refractivity contribution < 1.29 is 14.6 Å². The van der Waals surface area contributed by atoms with E-state index in [1.54, 1.807) is 6.29 Å². The summed E-state index contributed by atoms with van der Waals surface area (Å²) in [4.78, 5) is 31.1. The molecule has 0 bridgehead atoms. The van der Waals surface area contributed by atoms with Gasteiger partial charge in [0, 0.05) is 6.42 Å². The van der Waals surface area contributed by atoms with Gasteiger partial charge in [0.2, 0.25) is 0 Å². The van der Waals surface area contributed by atoms with Crippen molar-refractivity contribution in [2.45, 2.75) is 71.1 Å². The van der Waals surface area contributed by atoms with Crippen LogP contribution in [0, 0.1) is 20.2 Å². The minimum absolute atomic E-state index is 0.192. The van der Waals surface area contributed by atoms with Gasteiger partial charge in [-0.2, -0.15) is 0 Å². The van der Waals surface area contributed by atoms with Crippen molar-refractivity contribution in [3.63, 3.8) is 0 Å². The van der Waals surface area contributed by atoms with Crippen LogP contribution < -0.4 is 0 Å². The summed E-state index contributed by atoms with van der Waals surface area (Å²) in [5.74, 6) is 0. The summed E-state index contributed by atoms with van der Waals surface area (Å²) in [6.07, 6.45) is 18.8. The monoisotopic (exact) mass is 377 g/mol. The van der Waals surface area contributed by atoms with Crippen LogP contribution in [-0.2, 0) is 4.79 Å². The Morgan fingerprint density at radius 1 is 0.852 bits per heavy atom. The molecule has 0 N–H and O–H groups in total. The van der Waals surface area contributed by atoms with Crippen LogP contribution in [0.5, 0.6) is 0 Å². The molecule has 0 unspecified atom stereocenters. The zero-order valence-electron chi connectivity index (χ0n) is 16.0. The van der Waals surface area contributed by atoms with Gasteiger partial charge in [0.15, 0.2) is 6.29 Å². The summed E-state index contributed by atoms with van der Waals surface area (Å²) in [7, 11) is 0. The highest BCUT2D eigenvalue weighted by atomic mass is 16.6. The molecule has 0 saturated carbocycles. The summed E-state index contributed by atoms with van der Waals surface area (Å²) in [6.45, 7) is 2.16. The van der Waals surface area contributed by atoms with Crippen molar-refractivity contribution >= 4 is 6.29 Å².